The Morgan fingerprint density at radius 3 is 2.63 bits per heavy atom. The maximum Gasteiger partial charge on any atom is 0.259 e. The lowest BCUT2D eigenvalue weighted by atomic mass is 10.2. The molecule has 0 N–H and O–H groups in total. The van der Waals surface area contributed by atoms with Gasteiger partial charge in [0.25, 0.3) is 5.91 Å². The minimum Gasteiger partial charge on any atom is -0.308 e. The fourth-order valence-corrected chi connectivity index (χ4v) is 1.75. The van der Waals surface area contributed by atoms with E-state index in [1.807, 2.05) is 0 Å². The molecule has 0 aliphatic rings. The minimum absolute atomic E-state index is 0.257. The smallest absolute Gasteiger partial charge is 0.259 e. The molecule has 1 aromatic carbocycles. The van der Waals surface area contributed by atoms with Crippen LogP contribution < -0.4 is 4.90 Å². The van der Waals surface area contributed by atoms with Gasteiger partial charge < -0.3 is 4.90 Å². The first-order chi connectivity index (χ1) is 9.11. The lowest BCUT2D eigenvalue weighted by molar-refractivity contribution is 0.0988. The Kier molecular flexibility index (Phi) is 3.85. The second kappa shape index (κ2) is 5.56. The molecule has 0 aliphatic carbocycles. The summed E-state index contributed by atoms with van der Waals surface area (Å²) in [6.07, 6.45) is 1.17. The Labute approximate surface area is 109 Å². The van der Waals surface area contributed by atoms with Crippen molar-refractivity contribution in [3.05, 3.63) is 59.9 Å². The first-order valence-corrected chi connectivity index (χ1v) is 5.81. The zero-order valence-electron chi connectivity index (χ0n) is 10.3. The van der Waals surface area contributed by atoms with Crippen molar-refractivity contribution in [1.29, 1.82) is 0 Å². The third kappa shape index (κ3) is 2.93. The largest absolute Gasteiger partial charge is 0.308 e. The molecule has 0 bridgehead atoms. The highest BCUT2D eigenvalue weighted by atomic mass is 19.1. The van der Waals surface area contributed by atoms with E-state index in [-0.39, 0.29) is 11.5 Å². The van der Waals surface area contributed by atoms with Gasteiger partial charge in [-0.25, -0.2) is 9.37 Å². The summed E-state index contributed by atoms with van der Waals surface area (Å²) in [6, 6.07) is 8.23. The number of rotatable bonds is 3. The van der Waals surface area contributed by atoms with Gasteiger partial charge in [0.15, 0.2) is 0 Å². The Morgan fingerprint density at radius 2 is 2.05 bits per heavy atom. The molecule has 1 aromatic heterocycles. The molecule has 0 atom stereocenters. The molecule has 19 heavy (non-hydrogen) atoms. The van der Waals surface area contributed by atoms with E-state index in [0.717, 1.165) is 6.07 Å². The zero-order chi connectivity index (χ0) is 13.8. The number of aromatic nitrogens is 1. The molecule has 98 valence electrons. The molecule has 2 rings (SSSR count). The average Bonchev–Trinajstić information content (AvgIpc) is 2.40. The van der Waals surface area contributed by atoms with Gasteiger partial charge >= 0.3 is 0 Å². The molecule has 3 nitrogen and oxygen atoms in total. The predicted octanol–water partition coefficient (Wildman–Crippen LogP) is 3.03. The number of benzene rings is 1. The normalized spacial score (nSPS) is 10.3. The number of anilines is 1. The van der Waals surface area contributed by atoms with Crippen LogP contribution in [-0.2, 0) is 0 Å². The standard InChI is InChI=1S/C14H12F2N2O/c1-2-18(12-5-3-4-11(15)8-12)14(19)10-6-7-13(16)17-9-10/h3-9H,2H2,1H3. The molecule has 2 aromatic rings. The number of hydrogen-bond acceptors (Lipinski definition) is 2. The van der Waals surface area contributed by atoms with Crippen molar-refractivity contribution in [3.8, 4) is 0 Å². The summed E-state index contributed by atoms with van der Waals surface area (Å²) in [4.78, 5) is 17.1. The topological polar surface area (TPSA) is 33.2 Å². The van der Waals surface area contributed by atoms with E-state index in [4.69, 9.17) is 0 Å². The number of carbonyl (C=O) groups is 1. The highest BCUT2D eigenvalue weighted by Crippen LogP contribution is 2.18. The van der Waals surface area contributed by atoms with Crippen molar-refractivity contribution in [1.82, 2.24) is 4.98 Å². The molecule has 1 heterocycles. The Morgan fingerprint density at radius 1 is 1.26 bits per heavy atom. The summed E-state index contributed by atoms with van der Waals surface area (Å²) >= 11 is 0. The lowest BCUT2D eigenvalue weighted by Gasteiger charge is -2.20. The van der Waals surface area contributed by atoms with E-state index >= 15 is 0 Å². The Hall–Kier alpha value is -2.30. The number of nitrogens with zero attached hydrogens (tertiary/aromatic N) is 2. The summed E-state index contributed by atoms with van der Waals surface area (Å²) in [7, 11) is 0. The monoisotopic (exact) mass is 262 g/mol. The maximum atomic E-state index is 13.2. The van der Waals surface area contributed by atoms with Crippen LogP contribution >= 0.6 is 0 Å². The van der Waals surface area contributed by atoms with E-state index in [9.17, 15) is 13.6 Å². The quantitative estimate of drug-likeness (QED) is 0.796. The summed E-state index contributed by atoms with van der Waals surface area (Å²) < 4.78 is 25.9. The second-order valence-corrected chi connectivity index (χ2v) is 3.90. The molecule has 0 unspecified atom stereocenters. The van der Waals surface area contributed by atoms with Gasteiger partial charge in [-0.05, 0) is 37.3 Å². The summed E-state index contributed by atoms with van der Waals surface area (Å²) in [5.74, 6) is -1.41. The molecule has 1 amide bonds. The SMILES string of the molecule is CCN(C(=O)c1ccc(F)nc1)c1cccc(F)c1. The maximum absolute atomic E-state index is 13.2. The van der Waals surface area contributed by atoms with Gasteiger partial charge in [0, 0.05) is 18.4 Å². The summed E-state index contributed by atoms with van der Waals surface area (Å²) in [6.45, 7) is 2.15. The van der Waals surface area contributed by atoms with Crippen molar-refractivity contribution >= 4 is 11.6 Å². The summed E-state index contributed by atoms with van der Waals surface area (Å²) in [5.41, 5.74) is 0.712. The van der Waals surface area contributed by atoms with Gasteiger partial charge in [-0.2, -0.15) is 4.39 Å². The molecular weight excluding hydrogens is 250 g/mol. The van der Waals surface area contributed by atoms with Gasteiger partial charge in [0.05, 0.1) is 5.56 Å². The fraction of sp³-hybridized carbons (Fsp3) is 0.143. The minimum atomic E-state index is -0.648. The number of amides is 1. The van der Waals surface area contributed by atoms with Crippen LogP contribution in [0.2, 0.25) is 0 Å². The first-order valence-electron chi connectivity index (χ1n) is 5.81. The molecule has 0 spiro atoms. The van der Waals surface area contributed by atoms with Crippen LogP contribution in [0.5, 0.6) is 0 Å². The van der Waals surface area contributed by atoms with Crippen LogP contribution in [-0.4, -0.2) is 17.4 Å². The number of halogens is 2. The van der Waals surface area contributed by atoms with Gasteiger partial charge in [0.2, 0.25) is 5.95 Å². The molecular formula is C14H12F2N2O. The van der Waals surface area contributed by atoms with E-state index in [1.54, 1.807) is 13.0 Å². The van der Waals surface area contributed by atoms with Gasteiger partial charge in [0.1, 0.15) is 5.82 Å². The molecule has 0 saturated carbocycles. The van der Waals surface area contributed by atoms with Crippen molar-refractivity contribution in [2.75, 3.05) is 11.4 Å². The summed E-state index contributed by atoms with van der Waals surface area (Å²) in [5, 5.41) is 0. The van der Waals surface area contributed by atoms with E-state index in [2.05, 4.69) is 4.98 Å². The third-order valence-electron chi connectivity index (χ3n) is 2.66. The van der Waals surface area contributed by atoms with Gasteiger partial charge in [-0.1, -0.05) is 6.07 Å². The zero-order valence-corrected chi connectivity index (χ0v) is 10.3. The first kappa shape index (κ1) is 13.1. The van der Waals surface area contributed by atoms with Crippen LogP contribution in [0.3, 0.4) is 0 Å². The van der Waals surface area contributed by atoms with Crippen LogP contribution in [0.25, 0.3) is 0 Å². The molecule has 0 saturated heterocycles. The Balaban J connectivity index is 2.31. The number of hydrogen-bond donors (Lipinski definition) is 0. The molecule has 5 heteroatoms. The van der Waals surface area contributed by atoms with E-state index in [1.165, 1.54) is 35.4 Å². The molecule has 0 aliphatic heterocycles. The molecule has 0 fully saturated rings. The van der Waals surface area contributed by atoms with Crippen LogP contribution in [0.1, 0.15) is 17.3 Å². The van der Waals surface area contributed by atoms with Crippen molar-refractivity contribution in [3.63, 3.8) is 0 Å². The third-order valence-corrected chi connectivity index (χ3v) is 2.66. The van der Waals surface area contributed by atoms with Crippen LogP contribution in [0.4, 0.5) is 14.5 Å². The van der Waals surface area contributed by atoms with Crippen LogP contribution in [0, 0.1) is 11.8 Å². The highest BCUT2D eigenvalue weighted by Gasteiger charge is 2.16. The van der Waals surface area contributed by atoms with Gasteiger partial charge in [-0.3, -0.25) is 4.79 Å². The number of pyridine rings is 1. The molecule has 0 radical (unpaired) electrons. The van der Waals surface area contributed by atoms with E-state index in [0.29, 0.717) is 12.2 Å². The highest BCUT2D eigenvalue weighted by molar-refractivity contribution is 6.05. The second-order valence-electron chi connectivity index (χ2n) is 3.90. The van der Waals surface area contributed by atoms with Crippen molar-refractivity contribution < 1.29 is 13.6 Å². The van der Waals surface area contributed by atoms with E-state index < -0.39 is 11.8 Å². The van der Waals surface area contributed by atoms with Crippen molar-refractivity contribution in [2.45, 2.75) is 6.92 Å². The average molecular weight is 262 g/mol. The van der Waals surface area contributed by atoms with Crippen LogP contribution in [0.15, 0.2) is 42.6 Å². The fourth-order valence-electron chi connectivity index (χ4n) is 1.75. The predicted molar refractivity (Wildman–Crippen MR) is 67.9 cm³/mol. The van der Waals surface area contributed by atoms with Gasteiger partial charge in [-0.15, -0.1) is 0 Å². The number of carbonyl (C=O) groups excluding carboxylic acids is 1. The Bertz CT molecular complexity index is 584. The lowest BCUT2D eigenvalue weighted by Crippen LogP contribution is -2.30. The van der Waals surface area contributed by atoms with Crippen molar-refractivity contribution in [2.24, 2.45) is 0 Å².